The first-order valence-electron chi connectivity index (χ1n) is 7.67. The van der Waals surface area contributed by atoms with Crippen molar-refractivity contribution in [3.05, 3.63) is 35.9 Å². The van der Waals surface area contributed by atoms with Gasteiger partial charge < -0.3 is 15.5 Å². The Morgan fingerprint density at radius 3 is 2.33 bits per heavy atom. The van der Waals surface area contributed by atoms with Crippen molar-refractivity contribution in [3.63, 3.8) is 0 Å². The first kappa shape index (κ1) is 18.5. The zero-order valence-electron chi connectivity index (χ0n) is 13.0. The molecule has 0 atom stereocenters. The molecule has 0 aromatic heterocycles. The van der Waals surface area contributed by atoms with E-state index in [1.807, 2.05) is 6.07 Å². The van der Waals surface area contributed by atoms with Crippen LogP contribution in [0.5, 0.6) is 0 Å². The van der Waals surface area contributed by atoms with Gasteiger partial charge in [-0.3, -0.25) is 14.4 Å². The van der Waals surface area contributed by atoms with Crippen LogP contribution < -0.4 is 10.6 Å². The second-order valence-corrected chi connectivity index (χ2v) is 6.61. The Hall–Kier alpha value is -1.79. The van der Waals surface area contributed by atoms with Crippen LogP contribution in [0.1, 0.15) is 23.2 Å². The Balaban J connectivity index is 1.73. The molecule has 3 amide bonds. The van der Waals surface area contributed by atoms with Crippen molar-refractivity contribution in [1.29, 1.82) is 0 Å². The fourth-order valence-electron chi connectivity index (χ4n) is 2.50. The number of halogens is 2. The SMILES string of the molecule is O=C(NCC(=O)N1CCC(NC(=O)C(Cl)Cl)CC1)c1ccccc1. The molecule has 1 aliphatic heterocycles. The largest absolute Gasteiger partial charge is 0.351 e. The minimum Gasteiger partial charge on any atom is -0.351 e. The average Bonchev–Trinajstić information content (AvgIpc) is 2.60. The molecule has 1 heterocycles. The molecule has 1 aromatic carbocycles. The van der Waals surface area contributed by atoms with Gasteiger partial charge in [-0.1, -0.05) is 41.4 Å². The number of nitrogens with zero attached hydrogens (tertiary/aromatic N) is 1. The Morgan fingerprint density at radius 2 is 1.75 bits per heavy atom. The highest BCUT2D eigenvalue weighted by atomic mass is 35.5. The van der Waals surface area contributed by atoms with Crippen LogP contribution in [0.3, 0.4) is 0 Å². The Kier molecular flexibility index (Phi) is 6.87. The Labute approximate surface area is 150 Å². The number of amides is 3. The van der Waals surface area contributed by atoms with Gasteiger partial charge >= 0.3 is 0 Å². The van der Waals surface area contributed by atoms with Gasteiger partial charge in [0.05, 0.1) is 6.54 Å². The molecule has 1 aromatic rings. The molecule has 2 rings (SSSR count). The summed E-state index contributed by atoms with van der Waals surface area (Å²) in [6, 6.07) is 8.69. The first-order chi connectivity index (χ1) is 11.5. The van der Waals surface area contributed by atoms with Crippen molar-refractivity contribution in [3.8, 4) is 0 Å². The van der Waals surface area contributed by atoms with Gasteiger partial charge in [-0.15, -0.1) is 0 Å². The summed E-state index contributed by atoms with van der Waals surface area (Å²) in [4.78, 5) is 36.1. The number of carbonyl (C=O) groups excluding carboxylic acids is 3. The highest BCUT2D eigenvalue weighted by molar-refractivity contribution is 6.53. The van der Waals surface area contributed by atoms with E-state index in [0.717, 1.165) is 0 Å². The highest BCUT2D eigenvalue weighted by Gasteiger charge is 2.25. The fourth-order valence-corrected chi connectivity index (χ4v) is 2.62. The Morgan fingerprint density at radius 1 is 1.12 bits per heavy atom. The fraction of sp³-hybridized carbons (Fsp3) is 0.438. The normalized spacial score (nSPS) is 15.2. The van der Waals surface area contributed by atoms with Gasteiger partial charge in [0.15, 0.2) is 4.84 Å². The maximum atomic E-state index is 12.2. The molecular weight excluding hydrogens is 353 g/mol. The molecule has 0 spiro atoms. The van der Waals surface area contributed by atoms with Crippen LogP contribution >= 0.6 is 23.2 Å². The molecule has 0 bridgehead atoms. The summed E-state index contributed by atoms with van der Waals surface area (Å²) in [5.41, 5.74) is 0.517. The van der Waals surface area contributed by atoms with Gasteiger partial charge in [0.1, 0.15) is 0 Å². The smallest absolute Gasteiger partial charge is 0.253 e. The maximum absolute atomic E-state index is 12.2. The standard InChI is InChI=1S/C16H19Cl2N3O3/c17-14(18)16(24)20-12-6-8-21(9-7-12)13(22)10-19-15(23)11-4-2-1-3-5-11/h1-5,12,14H,6-10H2,(H,19,23)(H,20,24). The van der Waals surface area contributed by atoms with Gasteiger partial charge in [-0.05, 0) is 25.0 Å². The van der Waals surface area contributed by atoms with Crippen LogP contribution in [0.15, 0.2) is 30.3 Å². The van der Waals surface area contributed by atoms with Gasteiger partial charge in [0.2, 0.25) is 5.91 Å². The average molecular weight is 372 g/mol. The van der Waals surface area contributed by atoms with Crippen LogP contribution in [0, 0.1) is 0 Å². The van der Waals surface area contributed by atoms with E-state index in [4.69, 9.17) is 23.2 Å². The number of hydrogen-bond donors (Lipinski definition) is 2. The van der Waals surface area contributed by atoms with Crippen LogP contribution in [0.25, 0.3) is 0 Å². The quantitative estimate of drug-likeness (QED) is 0.766. The minimum absolute atomic E-state index is 0.0412. The maximum Gasteiger partial charge on any atom is 0.253 e. The molecule has 8 heteroatoms. The predicted octanol–water partition coefficient (Wildman–Crippen LogP) is 1.33. The lowest BCUT2D eigenvalue weighted by atomic mass is 10.0. The van der Waals surface area contributed by atoms with Crippen molar-refractivity contribution in [1.82, 2.24) is 15.5 Å². The summed E-state index contributed by atoms with van der Waals surface area (Å²) in [7, 11) is 0. The van der Waals surface area contributed by atoms with Crippen LogP contribution in [0.2, 0.25) is 0 Å². The molecule has 0 radical (unpaired) electrons. The number of benzene rings is 1. The lowest BCUT2D eigenvalue weighted by Crippen LogP contribution is -2.49. The summed E-state index contributed by atoms with van der Waals surface area (Å²) in [6.07, 6.45) is 1.26. The highest BCUT2D eigenvalue weighted by Crippen LogP contribution is 2.12. The summed E-state index contributed by atoms with van der Waals surface area (Å²) in [6.45, 7) is 0.983. The lowest BCUT2D eigenvalue weighted by Gasteiger charge is -2.32. The van der Waals surface area contributed by atoms with E-state index < -0.39 is 10.7 Å². The number of alkyl halides is 2. The molecule has 0 saturated carbocycles. The van der Waals surface area contributed by atoms with E-state index in [1.54, 1.807) is 29.2 Å². The van der Waals surface area contributed by atoms with E-state index in [0.29, 0.717) is 31.5 Å². The van der Waals surface area contributed by atoms with E-state index >= 15 is 0 Å². The molecule has 130 valence electrons. The molecule has 1 saturated heterocycles. The number of piperidine rings is 1. The zero-order chi connectivity index (χ0) is 17.5. The minimum atomic E-state index is -1.09. The number of likely N-dealkylation sites (tertiary alicyclic amines) is 1. The monoisotopic (exact) mass is 371 g/mol. The van der Waals surface area contributed by atoms with E-state index in [-0.39, 0.29) is 24.4 Å². The zero-order valence-corrected chi connectivity index (χ0v) is 14.5. The molecule has 6 nitrogen and oxygen atoms in total. The lowest BCUT2D eigenvalue weighted by molar-refractivity contribution is -0.131. The number of hydrogen-bond acceptors (Lipinski definition) is 3. The molecule has 0 aliphatic carbocycles. The van der Waals surface area contributed by atoms with Gasteiger partial charge in [0.25, 0.3) is 11.8 Å². The number of nitrogens with one attached hydrogen (secondary N) is 2. The van der Waals surface area contributed by atoms with Crippen LogP contribution in [-0.2, 0) is 9.59 Å². The second-order valence-electron chi connectivity index (χ2n) is 5.51. The molecule has 24 heavy (non-hydrogen) atoms. The predicted molar refractivity (Wildman–Crippen MR) is 92.0 cm³/mol. The number of carbonyl (C=O) groups is 3. The molecular formula is C16H19Cl2N3O3. The third-order valence-corrected chi connectivity index (χ3v) is 4.22. The summed E-state index contributed by atoms with van der Waals surface area (Å²) < 4.78 is 0. The van der Waals surface area contributed by atoms with E-state index in [1.165, 1.54) is 0 Å². The Bertz CT molecular complexity index is 587. The van der Waals surface area contributed by atoms with E-state index in [9.17, 15) is 14.4 Å². The van der Waals surface area contributed by atoms with Crippen molar-refractivity contribution < 1.29 is 14.4 Å². The molecule has 1 aliphatic rings. The first-order valence-corrected chi connectivity index (χ1v) is 8.54. The summed E-state index contributed by atoms with van der Waals surface area (Å²) >= 11 is 11.0. The van der Waals surface area contributed by atoms with Gasteiger partial charge in [-0.2, -0.15) is 0 Å². The van der Waals surface area contributed by atoms with Crippen LogP contribution in [0.4, 0.5) is 0 Å². The summed E-state index contributed by atoms with van der Waals surface area (Å²) in [5, 5.41) is 5.36. The van der Waals surface area contributed by atoms with Crippen molar-refractivity contribution in [2.24, 2.45) is 0 Å². The third kappa shape index (κ3) is 5.39. The van der Waals surface area contributed by atoms with Gasteiger partial charge in [0, 0.05) is 24.7 Å². The second kappa shape index (κ2) is 8.89. The van der Waals surface area contributed by atoms with Crippen molar-refractivity contribution in [2.45, 2.75) is 23.7 Å². The summed E-state index contributed by atoms with van der Waals surface area (Å²) in [5.74, 6) is -0.837. The molecule has 0 unspecified atom stereocenters. The van der Waals surface area contributed by atoms with Crippen molar-refractivity contribution >= 4 is 40.9 Å². The topological polar surface area (TPSA) is 78.5 Å². The van der Waals surface area contributed by atoms with Crippen molar-refractivity contribution in [2.75, 3.05) is 19.6 Å². The van der Waals surface area contributed by atoms with E-state index in [2.05, 4.69) is 10.6 Å². The third-order valence-electron chi connectivity index (χ3n) is 3.83. The molecule has 1 fully saturated rings. The molecule has 2 N–H and O–H groups in total. The number of rotatable bonds is 5. The van der Waals surface area contributed by atoms with Crippen LogP contribution in [-0.4, -0.2) is 53.1 Å². The van der Waals surface area contributed by atoms with Gasteiger partial charge in [-0.25, -0.2) is 0 Å².